The van der Waals surface area contributed by atoms with Gasteiger partial charge in [-0.25, -0.2) is 0 Å². The summed E-state index contributed by atoms with van der Waals surface area (Å²) in [6, 6.07) is 5.28. The average Bonchev–Trinajstić information content (AvgIpc) is 2.28. The summed E-state index contributed by atoms with van der Waals surface area (Å²) in [6.45, 7) is 2.71. The smallest absolute Gasteiger partial charge is 0.325 e. The van der Waals surface area contributed by atoms with Gasteiger partial charge < -0.3 is 10.4 Å². The lowest BCUT2D eigenvalue weighted by atomic mass is 10.0. The van der Waals surface area contributed by atoms with E-state index in [1.807, 2.05) is 0 Å². The Hall–Kier alpha value is -2.17. The highest BCUT2D eigenvalue weighted by Gasteiger charge is 2.18. The molecule has 0 aromatic heterocycles. The van der Waals surface area contributed by atoms with Gasteiger partial charge in [-0.05, 0) is 19.9 Å². The normalized spacial score (nSPS) is 11.6. The van der Waals surface area contributed by atoms with E-state index in [9.17, 15) is 14.4 Å². The third-order valence-electron chi connectivity index (χ3n) is 2.27. The Morgan fingerprint density at radius 3 is 2.18 bits per heavy atom. The maximum atomic E-state index is 11.8. The Morgan fingerprint density at radius 2 is 1.71 bits per heavy atom. The fraction of sp³-hybridized carbons (Fsp3) is 0.250. The molecule has 0 saturated heterocycles. The molecule has 0 aliphatic rings. The van der Waals surface area contributed by atoms with Crippen molar-refractivity contribution in [2.24, 2.45) is 0 Å². The summed E-state index contributed by atoms with van der Waals surface area (Å²) in [7, 11) is 0. The molecule has 0 spiro atoms. The summed E-state index contributed by atoms with van der Waals surface area (Å²) < 4.78 is 0. The van der Waals surface area contributed by atoms with Crippen LogP contribution in [0.25, 0.3) is 0 Å². The van der Waals surface area contributed by atoms with Crippen molar-refractivity contribution in [2.45, 2.75) is 19.9 Å². The topological polar surface area (TPSA) is 83.5 Å². The van der Waals surface area contributed by atoms with Crippen LogP contribution in [0.15, 0.2) is 24.3 Å². The first-order chi connectivity index (χ1) is 7.93. The number of hydrogen-bond donors (Lipinski definition) is 2. The predicted molar refractivity (Wildman–Crippen MR) is 61.0 cm³/mol. The number of carboxylic acid groups (broad SMARTS) is 1. The molecule has 1 amide bonds. The van der Waals surface area contributed by atoms with Crippen molar-refractivity contribution in [1.29, 1.82) is 0 Å². The summed E-state index contributed by atoms with van der Waals surface area (Å²) in [5, 5.41) is 11.0. The van der Waals surface area contributed by atoms with Crippen molar-refractivity contribution in [2.75, 3.05) is 0 Å². The number of carboxylic acids is 1. The second kappa shape index (κ2) is 5.25. The van der Waals surface area contributed by atoms with Gasteiger partial charge in [-0.3, -0.25) is 14.4 Å². The lowest BCUT2D eigenvalue weighted by molar-refractivity contribution is -0.138. The van der Waals surface area contributed by atoms with Crippen LogP contribution in [-0.2, 0) is 4.79 Å². The van der Waals surface area contributed by atoms with Crippen molar-refractivity contribution in [3.63, 3.8) is 0 Å². The van der Waals surface area contributed by atoms with E-state index < -0.39 is 17.9 Å². The van der Waals surface area contributed by atoms with Crippen LogP contribution in [0.3, 0.4) is 0 Å². The molecule has 0 bridgehead atoms. The van der Waals surface area contributed by atoms with E-state index in [2.05, 4.69) is 5.32 Å². The van der Waals surface area contributed by atoms with Crippen molar-refractivity contribution in [1.82, 2.24) is 5.32 Å². The summed E-state index contributed by atoms with van der Waals surface area (Å²) in [4.78, 5) is 33.7. The maximum absolute atomic E-state index is 11.8. The highest BCUT2D eigenvalue weighted by molar-refractivity contribution is 6.07. The lowest BCUT2D eigenvalue weighted by Crippen LogP contribution is -2.38. The van der Waals surface area contributed by atoms with Crippen molar-refractivity contribution >= 4 is 17.7 Å². The SMILES string of the molecule is CC(=O)c1ccccc1C(=O)NC(C)C(=O)O. The van der Waals surface area contributed by atoms with Crippen LogP contribution in [0.2, 0.25) is 0 Å². The number of nitrogens with one attached hydrogen (secondary N) is 1. The summed E-state index contributed by atoms with van der Waals surface area (Å²) in [5.74, 6) is -1.93. The Labute approximate surface area is 98.4 Å². The molecule has 2 N–H and O–H groups in total. The molecule has 1 unspecified atom stereocenters. The molecule has 1 aromatic carbocycles. The van der Waals surface area contributed by atoms with Gasteiger partial charge >= 0.3 is 5.97 Å². The Kier molecular flexibility index (Phi) is 3.98. The van der Waals surface area contributed by atoms with E-state index in [4.69, 9.17) is 5.11 Å². The number of rotatable bonds is 4. The molecule has 17 heavy (non-hydrogen) atoms. The number of ketones is 1. The van der Waals surface area contributed by atoms with Gasteiger partial charge in [0.15, 0.2) is 5.78 Å². The minimum atomic E-state index is -1.13. The van der Waals surface area contributed by atoms with Crippen LogP contribution in [0.5, 0.6) is 0 Å². The van der Waals surface area contributed by atoms with Crippen molar-refractivity contribution < 1.29 is 19.5 Å². The fourth-order valence-electron chi connectivity index (χ4n) is 1.32. The molecule has 0 heterocycles. The zero-order valence-electron chi connectivity index (χ0n) is 9.56. The van der Waals surface area contributed by atoms with Gasteiger partial charge in [0, 0.05) is 5.56 Å². The number of benzene rings is 1. The second-order valence-corrected chi connectivity index (χ2v) is 3.64. The first-order valence-corrected chi connectivity index (χ1v) is 5.07. The van der Waals surface area contributed by atoms with Gasteiger partial charge in [-0.2, -0.15) is 0 Å². The van der Waals surface area contributed by atoms with Gasteiger partial charge in [0.2, 0.25) is 0 Å². The number of Topliss-reactive ketones (excluding diaryl/α,β-unsaturated/α-hetero) is 1. The summed E-state index contributed by atoms with van der Waals surface area (Å²) in [5.41, 5.74) is 0.468. The van der Waals surface area contributed by atoms with Gasteiger partial charge in [-0.15, -0.1) is 0 Å². The average molecular weight is 235 g/mol. The van der Waals surface area contributed by atoms with Crippen LogP contribution < -0.4 is 5.32 Å². The Balaban J connectivity index is 2.97. The standard InChI is InChI=1S/C12H13NO4/c1-7(12(16)17)13-11(15)10-6-4-3-5-9(10)8(2)14/h3-7H,1-2H3,(H,13,15)(H,16,17). The monoisotopic (exact) mass is 235 g/mol. The highest BCUT2D eigenvalue weighted by Crippen LogP contribution is 2.09. The predicted octanol–water partition coefficient (Wildman–Crippen LogP) is 1.09. The van der Waals surface area contributed by atoms with E-state index in [-0.39, 0.29) is 16.9 Å². The summed E-state index contributed by atoms with van der Waals surface area (Å²) >= 11 is 0. The molecule has 0 aliphatic heterocycles. The van der Waals surface area contributed by atoms with E-state index in [0.29, 0.717) is 0 Å². The molecule has 90 valence electrons. The number of aliphatic carboxylic acids is 1. The molecular weight excluding hydrogens is 222 g/mol. The van der Waals surface area contributed by atoms with Crippen molar-refractivity contribution in [3.8, 4) is 0 Å². The minimum absolute atomic E-state index is 0.188. The molecule has 0 aliphatic carbocycles. The number of carbonyl (C=O) groups excluding carboxylic acids is 2. The zero-order valence-corrected chi connectivity index (χ0v) is 9.56. The molecule has 0 fully saturated rings. The number of carbonyl (C=O) groups is 3. The molecule has 5 nitrogen and oxygen atoms in total. The third-order valence-corrected chi connectivity index (χ3v) is 2.27. The number of amides is 1. The van der Waals surface area contributed by atoms with E-state index in [0.717, 1.165) is 0 Å². The van der Waals surface area contributed by atoms with Crippen LogP contribution >= 0.6 is 0 Å². The van der Waals surface area contributed by atoms with E-state index in [1.165, 1.54) is 26.0 Å². The van der Waals surface area contributed by atoms with Gasteiger partial charge in [0.25, 0.3) is 5.91 Å². The number of hydrogen-bond acceptors (Lipinski definition) is 3. The molecule has 1 atom stereocenters. The fourth-order valence-corrected chi connectivity index (χ4v) is 1.32. The van der Waals surface area contributed by atoms with Crippen LogP contribution in [0.4, 0.5) is 0 Å². The minimum Gasteiger partial charge on any atom is -0.480 e. The molecule has 0 radical (unpaired) electrons. The van der Waals surface area contributed by atoms with E-state index >= 15 is 0 Å². The summed E-state index contributed by atoms with van der Waals surface area (Å²) in [6.07, 6.45) is 0. The molecule has 5 heteroatoms. The van der Waals surface area contributed by atoms with Crippen LogP contribution in [0.1, 0.15) is 34.6 Å². The first-order valence-electron chi connectivity index (χ1n) is 5.07. The Morgan fingerprint density at radius 1 is 1.18 bits per heavy atom. The van der Waals surface area contributed by atoms with Crippen LogP contribution in [0, 0.1) is 0 Å². The quantitative estimate of drug-likeness (QED) is 0.765. The first kappa shape index (κ1) is 12.9. The lowest BCUT2D eigenvalue weighted by Gasteiger charge is -2.11. The van der Waals surface area contributed by atoms with Crippen molar-refractivity contribution in [3.05, 3.63) is 35.4 Å². The molecule has 0 saturated carbocycles. The molecular formula is C12H13NO4. The zero-order chi connectivity index (χ0) is 13.0. The largest absolute Gasteiger partial charge is 0.480 e. The van der Waals surface area contributed by atoms with Gasteiger partial charge in [-0.1, -0.05) is 18.2 Å². The highest BCUT2D eigenvalue weighted by atomic mass is 16.4. The van der Waals surface area contributed by atoms with Gasteiger partial charge in [0.05, 0.1) is 5.56 Å². The Bertz CT molecular complexity index is 467. The second-order valence-electron chi connectivity index (χ2n) is 3.64. The van der Waals surface area contributed by atoms with Crippen LogP contribution in [-0.4, -0.2) is 28.8 Å². The van der Waals surface area contributed by atoms with E-state index in [1.54, 1.807) is 12.1 Å². The van der Waals surface area contributed by atoms with Gasteiger partial charge in [0.1, 0.15) is 6.04 Å². The maximum Gasteiger partial charge on any atom is 0.325 e. The third kappa shape index (κ3) is 3.14. The molecule has 1 rings (SSSR count). The molecule has 1 aromatic rings.